The molecule has 60 valence electrons. The Morgan fingerprint density at radius 3 is 2.18 bits per heavy atom. The van der Waals surface area contributed by atoms with Crippen molar-refractivity contribution in [1.82, 2.24) is 0 Å². The van der Waals surface area contributed by atoms with Gasteiger partial charge < -0.3 is 0 Å². The molecule has 1 rings (SSSR count). The first-order chi connectivity index (χ1) is 5.08. The molecular weight excluding hydrogens is 207 g/mol. The van der Waals surface area contributed by atoms with E-state index < -0.39 is 14.2 Å². The molecule has 0 unspecified atom stereocenters. The third-order valence-electron chi connectivity index (χ3n) is 1.22. The molecule has 0 saturated heterocycles. The van der Waals surface area contributed by atoms with Gasteiger partial charge in [-0.05, 0) is 0 Å². The van der Waals surface area contributed by atoms with Crippen LogP contribution in [0.4, 0.5) is 0 Å². The van der Waals surface area contributed by atoms with Crippen molar-refractivity contribution in [2.24, 2.45) is 0 Å². The van der Waals surface area contributed by atoms with Gasteiger partial charge in [0.15, 0.2) is 0 Å². The van der Waals surface area contributed by atoms with Gasteiger partial charge in [0.2, 0.25) is 0 Å². The van der Waals surface area contributed by atoms with Crippen molar-refractivity contribution in [3.63, 3.8) is 0 Å². The molecule has 0 atom stereocenters. The summed E-state index contributed by atoms with van der Waals surface area (Å²) in [5.41, 5.74) is 0.569. The van der Waals surface area contributed by atoms with Gasteiger partial charge in [0.05, 0.1) is 0 Å². The zero-order valence-electron chi connectivity index (χ0n) is 5.77. The van der Waals surface area contributed by atoms with Crippen LogP contribution in [0.2, 0.25) is 0 Å². The van der Waals surface area contributed by atoms with Crippen molar-refractivity contribution in [2.75, 3.05) is 0 Å². The minimum absolute atomic E-state index is 0.334. The van der Waals surface area contributed by atoms with E-state index in [9.17, 15) is 11.9 Å². The summed E-state index contributed by atoms with van der Waals surface area (Å²) in [5, 5.41) is -0.334. The van der Waals surface area contributed by atoms with Crippen molar-refractivity contribution in [3.05, 3.63) is 35.9 Å². The third-order valence-corrected chi connectivity index (χ3v) is 2.80. The van der Waals surface area contributed by atoms with Crippen LogP contribution in [0.1, 0.15) is 5.56 Å². The summed E-state index contributed by atoms with van der Waals surface area (Å²) in [7, 11) is 0. The third kappa shape index (κ3) is 3.42. The molecule has 11 heavy (non-hydrogen) atoms. The van der Waals surface area contributed by atoms with Crippen molar-refractivity contribution in [2.45, 2.75) is 5.21 Å². The molecular formula is C7H7AsO3-2. The van der Waals surface area contributed by atoms with Crippen LogP contribution in [0, 0.1) is 0 Å². The zero-order chi connectivity index (χ0) is 8.32. The maximum absolute atomic E-state index is 10.3. The Balaban J connectivity index is 2.74. The van der Waals surface area contributed by atoms with Gasteiger partial charge in [0, 0.05) is 0 Å². The molecule has 0 spiro atoms. The molecule has 0 amide bonds. The van der Waals surface area contributed by atoms with E-state index in [1.807, 2.05) is 0 Å². The Hall–Kier alpha value is -0.502. The van der Waals surface area contributed by atoms with Crippen molar-refractivity contribution in [3.8, 4) is 0 Å². The summed E-state index contributed by atoms with van der Waals surface area (Å²) in [5.74, 6) is 0. The quantitative estimate of drug-likeness (QED) is 0.584. The van der Waals surface area contributed by atoms with Gasteiger partial charge in [-0.25, -0.2) is 0 Å². The normalized spacial score (nSPS) is 11.5. The van der Waals surface area contributed by atoms with Gasteiger partial charge in [0.25, 0.3) is 0 Å². The average molecular weight is 214 g/mol. The molecule has 0 bridgehead atoms. The van der Waals surface area contributed by atoms with E-state index in [0.717, 1.165) is 0 Å². The fourth-order valence-electron chi connectivity index (χ4n) is 0.807. The first-order valence-corrected chi connectivity index (χ1v) is 6.75. The molecule has 1 aromatic rings. The Morgan fingerprint density at radius 1 is 1.18 bits per heavy atom. The van der Waals surface area contributed by atoms with Crippen LogP contribution in [0.5, 0.6) is 0 Å². The van der Waals surface area contributed by atoms with Gasteiger partial charge in [-0.2, -0.15) is 0 Å². The summed E-state index contributed by atoms with van der Waals surface area (Å²) >= 11 is -4.96. The standard InChI is InChI=1S/C7H9AsO3/c9-8(10,11)6-7-4-2-1-3-5-7/h1-5H,6H2,(H2,9,10,11)/p-2. The van der Waals surface area contributed by atoms with Gasteiger partial charge in [0.1, 0.15) is 0 Å². The fourth-order valence-corrected chi connectivity index (χ4v) is 2.19. The molecule has 0 radical (unpaired) electrons. The Bertz CT molecular complexity index is 264. The van der Waals surface area contributed by atoms with Crippen LogP contribution in [0.25, 0.3) is 0 Å². The molecule has 4 heteroatoms. The molecule has 0 heterocycles. The Morgan fingerprint density at radius 2 is 1.73 bits per heavy atom. The second-order valence-electron chi connectivity index (χ2n) is 2.25. The van der Waals surface area contributed by atoms with E-state index in [1.165, 1.54) is 0 Å². The molecule has 0 aromatic heterocycles. The molecule has 0 saturated carbocycles. The van der Waals surface area contributed by atoms with Gasteiger partial charge in [-0.15, -0.1) is 0 Å². The second kappa shape index (κ2) is 3.26. The van der Waals surface area contributed by atoms with Crippen LogP contribution in [-0.4, -0.2) is 14.2 Å². The predicted octanol–water partition coefficient (Wildman–Crippen LogP) is -1.14. The van der Waals surface area contributed by atoms with Crippen LogP contribution in [-0.2, 0) is 8.95 Å². The van der Waals surface area contributed by atoms with Crippen LogP contribution < -0.4 is 8.19 Å². The molecule has 0 aliphatic heterocycles. The summed E-state index contributed by atoms with van der Waals surface area (Å²) < 4.78 is 31.0. The Labute approximate surface area is 67.7 Å². The Kier molecular flexibility index (Phi) is 2.55. The van der Waals surface area contributed by atoms with Crippen molar-refractivity contribution >= 4 is 14.2 Å². The molecule has 0 aliphatic rings. The van der Waals surface area contributed by atoms with E-state index in [4.69, 9.17) is 0 Å². The minimum atomic E-state index is -4.96. The second-order valence-corrected chi connectivity index (χ2v) is 5.48. The fraction of sp³-hybridized carbons (Fsp3) is 0.143. The van der Waals surface area contributed by atoms with E-state index in [1.54, 1.807) is 30.3 Å². The van der Waals surface area contributed by atoms with Gasteiger partial charge in [-0.1, -0.05) is 0 Å². The summed E-state index contributed by atoms with van der Waals surface area (Å²) in [4.78, 5) is 0. The topological polar surface area (TPSA) is 63.2 Å². The number of benzene rings is 1. The van der Waals surface area contributed by atoms with E-state index >= 15 is 0 Å². The SMILES string of the molecule is O=[As]([O-])([O-])Cc1ccccc1. The van der Waals surface area contributed by atoms with Crippen molar-refractivity contribution < 1.29 is 11.9 Å². The van der Waals surface area contributed by atoms with Gasteiger partial charge in [-0.3, -0.25) is 0 Å². The monoisotopic (exact) mass is 214 g/mol. The number of hydrogen-bond donors (Lipinski definition) is 0. The van der Waals surface area contributed by atoms with Crippen LogP contribution >= 0.6 is 0 Å². The van der Waals surface area contributed by atoms with Crippen LogP contribution in [0.3, 0.4) is 0 Å². The zero-order valence-corrected chi connectivity index (χ0v) is 7.64. The van der Waals surface area contributed by atoms with E-state index in [-0.39, 0.29) is 5.21 Å². The average Bonchev–Trinajstić information content (AvgIpc) is 1.85. The van der Waals surface area contributed by atoms with Gasteiger partial charge >= 0.3 is 67.2 Å². The molecule has 1 aromatic carbocycles. The maximum atomic E-state index is 10.3. The van der Waals surface area contributed by atoms with Crippen LogP contribution in [0.15, 0.2) is 30.3 Å². The summed E-state index contributed by atoms with van der Waals surface area (Å²) in [6, 6.07) is 8.45. The summed E-state index contributed by atoms with van der Waals surface area (Å²) in [6.45, 7) is 0. The molecule has 0 aliphatic carbocycles. The van der Waals surface area contributed by atoms with Crippen molar-refractivity contribution in [1.29, 1.82) is 0 Å². The first kappa shape index (κ1) is 8.59. The molecule has 0 fully saturated rings. The van der Waals surface area contributed by atoms with E-state index in [2.05, 4.69) is 0 Å². The molecule has 3 nitrogen and oxygen atoms in total. The first-order valence-electron chi connectivity index (χ1n) is 3.13. The van der Waals surface area contributed by atoms with E-state index in [0.29, 0.717) is 5.56 Å². The number of rotatable bonds is 2. The summed E-state index contributed by atoms with van der Waals surface area (Å²) in [6.07, 6.45) is 0. The number of hydrogen-bond acceptors (Lipinski definition) is 3. The molecule has 0 N–H and O–H groups in total. The predicted molar refractivity (Wildman–Crippen MR) is 36.6 cm³/mol.